The van der Waals surface area contributed by atoms with Gasteiger partial charge in [-0.1, -0.05) is 0 Å². The molecule has 0 spiro atoms. The van der Waals surface area contributed by atoms with Crippen LogP contribution in [0.15, 0.2) is 48.5 Å². The summed E-state index contributed by atoms with van der Waals surface area (Å²) < 4.78 is 5.10. The Morgan fingerprint density at radius 2 is 1.77 bits per heavy atom. The highest BCUT2D eigenvalue weighted by molar-refractivity contribution is 5.87. The van der Waals surface area contributed by atoms with E-state index in [4.69, 9.17) is 9.84 Å². The van der Waals surface area contributed by atoms with Gasteiger partial charge in [0.05, 0.1) is 18.4 Å². The Kier molecular flexibility index (Phi) is 3.53. The molecular formula is C15H12N4O3. The van der Waals surface area contributed by atoms with Crippen molar-refractivity contribution in [1.82, 2.24) is 20.2 Å². The summed E-state index contributed by atoms with van der Waals surface area (Å²) in [7, 11) is 1.60. The third-order valence-electron chi connectivity index (χ3n) is 3.11. The molecule has 0 fully saturated rings. The number of carbonyl (C=O) groups is 1. The van der Waals surface area contributed by atoms with Crippen LogP contribution in [-0.2, 0) is 0 Å². The molecular weight excluding hydrogens is 284 g/mol. The third kappa shape index (κ3) is 2.64. The first kappa shape index (κ1) is 13.7. The number of hydrogen-bond acceptors (Lipinski definition) is 5. The van der Waals surface area contributed by atoms with Crippen molar-refractivity contribution in [1.29, 1.82) is 0 Å². The zero-order valence-corrected chi connectivity index (χ0v) is 11.7. The molecule has 7 nitrogen and oxygen atoms in total. The number of tetrazole rings is 1. The van der Waals surface area contributed by atoms with Crippen LogP contribution in [0.4, 0.5) is 0 Å². The lowest BCUT2D eigenvalue weighted by Gasteiger charge is -2.00. The number of rotatable bonds is 4. The summed E-state index contributed by atoms with van der Waals surface area (Å²) in [6.07, 6.45) is 0. The Balaban J connectivity index is 1.87. The van der Waals surface area contributed by atoms with Gasteiger partial charge in [-0.15, -0.1) is 15.0 Å². The number of hydrogen-bond donors (Lipinski definition) is 1. The Morgan fingerprint density at radius 1 is 1.09 bits per heavy atom. The molecule has 1 N–H and O–H groups in total. The highest BCUT2D eigenvalue weighted by Gasteiger charge is 2.08. The second kappa shape index (κ2) is 5.65. The number of aromatic carboxylic acids is 1. The quantitative estimate of drug-likeness (QED) is 0.792. The predicted molar refractivity (Wildman–Crippen MR) is 78.1 cm³/mol. The SMILES string of the molecule is COc1ccc(-c2nnn(-c3ccc(C(=O)O)cc3)n2)cc1. The second-order valence-electron chi connectivity index (χ2n) is 4.48. The standard InChI is InChI=1S/C15H12N4O3/c1-22-13-8-4-10(5-9-13)14-16-18-19(17-14)12-6-2-11(3-7-12)15(20)21/h2-9H,1H3,(H,20,21). The number of ether oxygens (including phenoxy) is 1. The average molecular weight is 296 g/mol. The molecule has 2 aromatic carbocycles. The number of carboxylic acids is 1. The monoisotopic (exact) mass is 296 g/mol. The molecule has 3 rings (SSSR count). The van der Waals surface area contributed by atoms with E-state index in [1.54, 1.807) is 19.2 Å². The molecule has 110 valence electrons. The fourth-order valence-corrected chi connectivity index (χ4v) is 1.92. The van der Waals surface area contributed by atoms with Crippen molar-refractivity contribution in [2.45, 2.75) is 0 Å². The zero-order valence-electron chi connectivity index (χ0n) is 11.7. The largest absolute Gasteiger partial charge is 0.497 e. The summed E-state index contributed by atoms with van der Waals surface area (Å²) in [5.74, 6) is 0.252. The molecule has 0 aliphatic heterocycles. The van der Waals surface area contributed by atoms with Gasteiger partial charge in [0.15, 0.2) is 0 Å². The maximum absolute atomic E-state index is 10.8. The summed E-state index contributed by atoms with van der Waals surface area (Å²) in [6.45, 7) is 0. The van der Waals surface area contributed by atoms with Gasteiger partial charge in [0.1, 0.15) is 5.75 Å². The first-order chi connectivity index (χ1) is 10.7. The molecule has 22 heavy (non-hydrogen) atoms. The van der Waals surface area contributed by atoms with Crippen LogP contribution >= 0.6 is 0 Å². The van der Waals surface area contributed by atoms with Gasteiger partial charge in [0.2, 0.25) is 5.82 Å². The fourth-order valence-electron chi connectivity index (χ4n) is 1.92. The minimum Gasteiger partial charge on any atom is -0.497 e. The van der Waals surface area contributed by atoms with Crippen molar-refractivity contribution in [2.24, 2.45) is 0 Å². The van der Waals surface area contributed by atoms with Gasteiger partial charge in [-0.2, -0.15) is 0 Å². The van der Waals surface area contributed by atoms with Gasteiger partial charge in [0, 0.05) is 5.56 Å². The summed E-state index contributed by atoms with van der Waals surface area (Å²) >= 11 is 0. The van der Waals surface area contributed by atoms with E-state index in [2.05, 4.69) is 15.4 Å². The second-order valence-corrected chi connectivity index (χ2v) is 4.48. The third-order valence-corrected chi connectivity index (χ3v) is 3.11. The van der Waals surface area contributed by atoms with Crippen LogP contribution in [0.5, 0.6) is 5.75 Å². The molecule has 0 aliphatic carbocycles. The molecule has 7 heteroatoms. The lowest BCUT2D eigenvalue weighted by atomic mass is 10.2. The van der Waals surface area contributed by atoms with E-state index in [-0.39, 0.29) is 5.56 Å². The molecule has 0 saturated heterocycles. The Labute approximate surface area is 125 Å². The van der Waals surface area contributed by atoms with Crippen molar-refractivity contribution in [3.8, 4) is 22.8 Å². The Morgan fingerprint density at radius 3 is 2.36 bits per heavy atom. The normalized spacial score (nSPS) is 10.4. The van der Waals surface area contributed by atoms with E-state index in [0.717, 1.165) is 11.3 Å². The molecule has 0 radical (unpaired) electrons. The van der Waals surface area contributed by atoms with Crippen LogP contribution in [0.25, 0.3) is 17.1 Å². The first-order valence-corrected chi connectivity index (χ1v) is 6.45. The number of carboxylic acid groups (broad SMARTS) is 1. The van der Waals surface area contributed by atoms with E-state index in [1.807, 2.05) is 24.3 Å². The fraction of sp³-hybridized carbons (Fsp3) is 0.0667. The van der Waals surface area contributed by atoms with E-state index in [1.165, 1.54) is 16.9 Å². The van der Waals surface area contributed by atoms with Crippen molar-refractivity contribution in [3.63, 3.8) is 0 Å². The number of methoxy groups -OCH3 is 1. The van der Waals surface area contributed by atoms with Gasteiger partial charge in [-0.25, -0.2) is 4.79 Å². The molecule has 0 atom stereocenters. The number of aromatic nitrogens is 4. The Bertz CT molecular complexity index is 794. The predicted octanol–water partition coefficient (Wildman–Crippen LogP) is 2.04. The number of benzene rings is 2. The molecule has 0 amide bonds. The molecule has 0 aliphatic rings. The lowest BCUT2D eigenvalue weighted by Crippen LogP contribution is -2.01. The smallest absolute Gasteiger partial charge is 0.335 e. The highest BCUT2D eigenvalue weighted by Crippen LogP contribution is 2.19. The van der Waals surface area contributed by atoms with E-state index >= 15 is 0 Å². The lowest BCUT2D eigenvalue weighted by molar-refractivity contribution is 0.0697. The van der Waals surface area contributed by atoms with Crippen LogP contribution < -0.4 is 4.74 Å². The number of nitrogens with zero attached hydrogens (tertiary/aromatic N) is 4. The maximum atomic E-state index is 10.8. The van der Waals surface area contributed by atoms with Crippen molar-refractivity contribution in [3.05, 3.63) is 54.1 Å². The van der Waals surface area contributed by atoms with Crippen LogP contribution in [0.3, 0.4) is 0 Å². The van der Waals surface area contributed by atoms with Gasteiger partial charge in [0.25, 0.3) is 0 Å². The van der Waals surface area contributed by atoms with E-state index in [0.29, 0.717) is 11.5 Å². The summed E-state index contributed by atoms with van der Waals surface area (Å²) in [4.78, 5) is 12.2. The van der Waals surface area contributed by atoms with Crippen LogP contribution in [0.1, 0.15) is 10.4 Å². The summed E-state index contributed by atoms with van der Waals surface area (Å²) in [5.41, 5.74) is 1.66. The maximum Gasteiger partial charge on any atom is 0.335 e. The van der Waals surface area contributed by atoms with Crippen molar-refractivity contribution < 1.29 is 14.6 Å². The molecule has 1 aromatic heterocycles. The highest BCUT2D eigenvalue weighted by atomic mass is 16.5. The van der Waals surface area contributed by atoms with Gasteiger partial charge in [-0.3, -0.25) is 0 Å². The van der Waals surface area contributed by atoms with Gasteiger partial charge < -0.3 is 9.84 Å². The topological polar surface area (TPSA) is 90.1 Å². The van der Waals surface area contributed by atoms with Gasteiger partial charge in [-0.05, 0) is 53.7 Å². The summed E-state index contributed by atoms with van der Waals surface area (Å²) in [5, 5.41) is 21.1. The van der Waals surface area contributed by atoms with Gasteiger partial charge >= 0.3 is 5.97 Å². The minimum absolute atomic E-state index is 0.208. The molecule has 3 aromatic rings. The van der Waals surface area contributed by atoms with E-state index < -0.39 is 5.97 Å². The first-order valence-electron chi connectivity index (χ1n) is 6.45. The molecule has 1 heterocycles. The molecule has 0 saturated carbocycles. The zero-order chi connectivity index (χ0) is 15.5. The van der Waals surface area contributed by atoms with Crippen LogP contribution in [0.2, 0.25) is 0 Å². The average Bonchev–Trinajstić information content (AvgIpc) is 3.05. The van der Waals surface area contributed by atoms with Crippen LogP contribution in [-0.4, -0.2) is 38.4 Å². The minimum atomic E-state index is -0.975. The summed E-state index contributed by atoms with van der Waals surface area (Å²) in [6, 6.07) is 13.6. The van der Waals surface area contributed by atoms with Crippen LogP contribution in [0, 0.1) is 0 Å². The van der Waals surface area contributed by atoms with Crippen molar-refractivity contribution >= 4 is 5.97 Å². The molecule has 0 bridgehead atoms. The Hall–Kier alpha value is -3.22. The van der Waals surface area contributed by atoms with Crippen molar-refractivity contribution in [2.75, 3.05) is 7.11 Å². The van der Waals surface area contributed by atoms with E-state index in [9.17, 15) is 4.79 Å². The molecule has 0 unspecified atom stereocenters.